The molecular formula is C10H13NO4. The smallest absolute Gasteiger partial charge is 0.252 e. The fraction of sp³-hybridized carbons (Fsp3) is 0.500. The topological polar surface area (TPSA) is 71.7 Å². The zero-order chi connectivity index (χ0) is 10.8. The highest BCUT2D eigenvalue weighted by Crippen LogP contribution is 2.26. The third kappa shape index (κ3) is 1.94. The van der Waals surface area contributed by atoms with Crippen molar-refractivity contribution in [1.29, 1.82) is 0 Å². The van der Waals surface area contributed by atoms with Gasteiger partial charge in [-0.05, 0) is 6.07 Å². The van der Waals surface area contributed by atoms with Gasteiger partial charge in [0.25, 0.3) is 5.56 Å². The maximum absolute atomic E-state index is 11.4. The summed E-state index contributed by atoms with van der Waals surface area (Å²) in [5.74, 6) is 0. The van der Waals surface area contributed by atoms with E-state index < -0.39 is 18.4 Å². The lowest BCUT2D eigenvalue weighted by molar-refractivity contribution is -0.0454. The van der Waals surface area contributed by atoms with Crippen LogP contribution in [0.4, 0.5) is 0 Å². The number of aliphatic hydroxyl groups is 2. The van der Waals surface area contributed by atoms with Crippen LogP contribution in [-0.4, -0.2) is 33.6 Å². The second kappa shape index (κ2) is 4.14. The monoisotopic (exact) mass is 211 g/mol. The Morgan fingerprint density at radius 3 is 2.93 bits per heavy atom. The average Bonchev–Trinajstić information content (AvgIpc) is 2.60. The fourth-order valence-corrected chi connectivity index (χ4v) is 1.73. The number of ether oxygens (including phenoxy) is 1. The molecule has 0 unspecified atom stereocenters. The van der Waals surface area contributed by atoms with E-state index in [2.05, 4.69) is 0 Å². The van der Waals surface area contributed by atoms with E-state index in [0.29, 0.717) is 6.42 Å². The van der Waals surface area contributed by atoms with E-state index in [1.165, 1.54) is 10.6 Å². The van der Waals surface area contributed by atoms with Crippen LogP contribution in [0.2, 0.25) is 0 Å². The molecule has 0 amide bonds. The summed E-state index contributed by atoms with van der Waals surface area (Å²) in [7, 11) is 0. The van der Waals surface area contributed by atoms with Gasteiger partial charge in [-0.1, -0.05) is 6.07 Å². The Balaban J connectivity index is 2.21. The van der Waals surface area contributed by atoms with Crippen molar-refractivity contribution in [3.05, 3.63) is 34.7 Å². The Morgan fingerprint density at radius 2 is 2.33 bits per heavy atom. The molecular weight excluding hydrogens is 198 g/mol. The largest absolute Gasteiger partial charge is 0.394 e. The van der Waals surface area contributed by atoms with Gasteiger partial charge in [0.05, 0.1) is 12.7 Å². The maximum atomic E-state index is 11.4. The Labute approximate surface area is 86.5 Å². The van der Waals surface area contributed by atoms with Gasteiger partial charge in [0.15, 0.2) is 0 Å². The molecule has 0 radical (unpaired) electrons. The first-order valence-corrected chi connectivity index (χ1v) is 4.84. The molecule has 0 spiro atoms. The molecule has 1 aliphatic heterocycles. The van der Waals surface area contributed by atoms with Crippen LogP contribution in [0.15, 0.2) is 29.2 Å². The van der Waals surface area contributed by atoms with Gasteiger partial charge in [0, 0.05) is 18.7 Å². The third-order valence-electron chi connectivity index (χ3n) is 2.55. The summed E-state index contributed by atoms with van der Waals surface area (Å²) in [5, 5.41) is 18.4. The highest BCUT2D eigenvalue weighted by molar-refractivity contribution is 4.95. The van der Waals surface area contributed by atoms with Gasteiger partial charge in [-0.15, -0.1) is 0 Å². The van der Waals surface area contributed by atoms with Crippen LogP contribution in [0.5, 0.6) is 0 Å². The number of hydrogen-bond donors (Lipinski definition) is 2. The van der Waals surface area contributed by atoms with Crippen LogP contribution in [0, 0.1) is 0 Å². The summed E-state index contributed by atoms with van der Waals surface area (Å²) in [5.41, 5.74) is -0.173. The Hall–Kier alpha value is -1.17. The summed E-state index contributed by atoms with van der Waals surface area (Å²) in [4.78, 5) is 11.4. The summed E-state index contributed by atoms with van der Waals surface area (Å²) in [6.07, 6.45) is 0.147. The van der Waals surface area contributed by atoms with Crippen LogP contribution in [0.1, 0.15) is 12.6 Å². The molecule has 2 heterocycles. The van der Waals surface area contributed by atoms with Crippen molar-refractivity contribution in [1.82, 2.24) is 4.57 Å². The maximum Gasteiger partial charge on any atom is 0.252 e. The molecule has 5 heteroatoms. The molecule has 0 aromatic carbocycles. The number of pyridine rings is 1. The predicted octanol–water partition coefficient (Wildman–Crippen LogP) is -0.511. The molecule has 1 fully saturated rings. The average molecular weight is 211 g/mol. The zero-order valence-corrected chi connectivity index (χ0v) is 8.11. The van der Waals surface area contributed by atoms with Gasteiger partial charge >= 0.3 is 0 Å². The second-order valence-electron chi connectivity index (χ2n) is 3.56. The lowest BCUT2D eigenvalue weighted by Gasteiger charge is -2.14. The minimum atomic E-state index is -0.716. The second-order valence-corrected chi connectivity index (χ2v) is 3.56. The Kier molecular flexibility index (Phi) is 2.86. The molecule has 2 rings (SSSR count). The molecule has 1 aromatic rings. The summed E-state index contributed by atoms with van der Waals surface area (Å²) in [6.45, 7) is -0.237. The van der Waals surface area contributed by atoms with Crippen LogP contribution in [0.25, 0.3) is 0 Å². The molecule has 82 valence electrons. The van der Waals surface area contributed by atoms with E-state index in [1.807, 2.05) is 0 Å². The number of rotatable bonds is 2. The van der Waals surface area contributed by atoms with E-state index in [9.17, 15) is 9.90 Å². The van der Waals surface area contributed by atoms with Gasteiger partial charge < -0.3 is 14.9 Å². The van der Waals surface area contributed by atoms with Crippen molar-refractivity contribution >= 4 is 0 Å². The normalized spacial score (nSPS) is 30.7. The minimum absolute atomic E-state index is 0.173. The minimum Gasteiger partial charge on any atom is -0.394 e. The van der Waals surface area contributed by atoms with Crippen molar-refractivity contribution < 1.29 is 14.9 Å². The van der Waals surface area contributed by atoms with E-state index in [1.54, 1.807) is 18.3 Å². The van der Waals surface area contributed by atoms with E-state index >= 15 is 0 Å². The molecule has 0 bridgehead atoms. The van der Waals surface area contributed by atoms with Crippen LogP contribution >= 0.6 is 0 Å². The van der Waals surface area contributed by atoms with Gasteiger partial charge in [0.2, 0.25) is 0 Å². The Morgan fingerprint density at radius 1 is 1.53 bits per heavy atom. The standard InChI is InChI=1S/C10H13NO4/c12-6-8-7(13)5-10(15-8)11-4-2-1-3-9(11)14/h1-4,7-8,10,12-13H,5-6H2/t7-,8+,10+/m0/s1. The van der Waals surface area contributed by atoms with Crippen molar-refractivity contribution in [2.24, 2.45) is 0 Å². The third-order valence-corrected chi connectivity index (χ3v) is 2.55. The highest BCUT2D eigenvalue weighted by atomic mass is 16.5. The highest BCUT2D eigenvalue weighted by Gasteiger charge is 2.34. The van der Waals surface area contributed by atoms with Gasteiger partial charge in [-0.3, -0.25) is 9.36 Å². The van der Waals surface area contributed by atoms with E-state index in [0.717, 1.165) is 0 Å². The van der Waals surface area contributed by atoms with E-state index in [4.69, 9.17) is 9.84 Å². The van der Waals surface area contributed by atoms with Gasteiger partial charge in [-0.25, -0.2) is 0 Å². The molecule has 1 aromatic heterocycles. The number of aliphatic hydroxyl groups excluding tert-OH is 2. The molecule has 15 heavy (non-hydrogen) atoms. The quantitative estimate of drug-likeness (QED) is 0.691. The van der Waals surface area contributed by atoms with Crippen LogP contribution in [0.3, 0.4) is 0 Å². The lowest BCUT2D eigenvalue weighted by atomic mass is 10.2. The molecule has 1 aliphatic rings. The molecule has 5 nitrogen and oxygen atoms in total. The van der Waals surface area contributed by atoms with Crippen molar-refractivity contribution in [3.8, 4) is 0 Å². The zero-order valence-electron chi connectivity index (χ0n) is 8.11. The van der Waals surface area contributed by atoms with Crippen molar-refractivity contribution in [2.75, 3.05) is 6.61 Å². The van der Waals surface area contributed by atoms with Crippen molar-refractivity contribution in [2.45, 2.75) is 24.9 Å². The van der Waals surface area contributed by atoms with Crippen LogP contribution < -0.4 is 5.56 Å². The number of nitrogens with zero attached hydrogens (tertiary/aromatic N) is 1. The lowest BCUT2D eigenvalue weighted by Crippen LogP contribution is -2.25. The first-order valence-electron chi connectivity index (χ1n) is 4.84. The van der Waals surface area contributed by atoms with Gasteiger partial charge in [0.1, 0.15) is 12.3 Å². The molecule has 0 saturated carbocycles. The molecule has 0 aliphatic carbocycles. The molecule has 1 saturated heterocycles. The summed E-state index contributed by atoms with van der Waals surface area (Å²) < 4.78 is 6.77. The number of hydrogen-bond acceptors (Lipinski definition) is 4. The SMILES string of the molecule is O=c1ccccn1[C@H]1C[C@H](O)[C@@H](CO)O1. The molecule has 2 N–H and O–H groups in total. The fourth-order valence-electron chi connectivity index (χ4n) is 1.73. The Bertz CT molecular complexity index is 389. The van der Waals surface area contributed by atoms with Gasteiger partial charge in [-0.2, -0.15) is 0 Å². The first-order chi connectivity index (χ1) is 7.22. The number of aromatic nitrogens is 1. The first kappa shape index (κ1) is 10.4. The summed E-state index contributed by atoms with van der Waals surface area (Å²) >= 11 is 0. The summed E-state index contributed by atoms with van der Waals surface area (Å²) in [6, 6.07) is 4.80. The van der Waals surface area contributed by atoms with Crippen molar-refractivity contribution in [3.63, 3.8) is 0 Å². The predicted molar refractivity (Wildman–Crippen MR) is 52.3 cm³/mol. The van der Waals surface area contributed by atoms with Crippen LogP contribution in [-0.2, 0) is 4.74 Å². The van der Waals surface area contributed by atoms with E-state index in [-0.39, 0.29) is 12.2 Å². The molecule has 3 atom stereocenters.